The van der Waals surface area contributed by atoms with Gasteiger partial charge < -0.3 is 33.2 Å². The van der Waals surface area contributed by atoms with E-state index in [1.807, 2.05) is 0 Å². The minimum atomic E-state index is -1.20. The van der Waals surface area contributed by atoms with Gasteiger partial charge in [0.05, 0.1) is 13.2 Å². The molecule has 0 aromatic rings. The molecule has 1 aliphatic heterocycles. The first-order chi connectivity index (χ1) is 13.0. The average Bonchev–Trinajstić information content (AvgIpc) is 2.59. The Morgan fingerprint density at radius 1 is 1.25 bits per heavy atom. The maximum absolute atomic E-state index is 12.3. The van der Waals surface area contributed by atoms with E-state index in [0.717, 1.165) is 12.3 Å². The summed E-state index contributed by atoms with van der Waals surface area (Å²) < 4.78 is 33.1. The molecule has 0 aliphatic carbocycles. The van der Waals surface area contributed by atoms with Gasteiger partial charge in [0, 0.05) is 34.6 Å². The zero-order chi connectivity index (χ0) is 21.4. The molecule has 1 heterocycles. The molecule has 0 aromatic carbocycles. The lowest BCUT2D eigenvalue weighted by atomic mass is 9.99. The van der Waals surface area contributed by atoms with Crippen molar-refractivity contribution in [2.75, 3.05) is 27.6 Å². The molecular weight excluding hydrogens is 384 g/mol. The van der Waals surface area contributed by atoms with E-state index in [1.54, 1.807) is 13.8 Å². The van der Waals surface area contributed by atoms with Gasteiger partial charge in [-0.15, -0.1) is 0 Å². The van der Waals surface area contributed by atoms with Gasteiger partial charge in [0.15, 0.2) is 11.9 Å². The minimum Gasteiger partial charge on any atom is -0.467 e. The van der Waals surface area contributed by atoms with Crippen LogP contribution in [0.5, 0.6) is 0 Å². The maximum atomic E-state index is 12.3. The summed E-state index contributed by atoms with van der Waals surface area (Å²) in [6, 6.07) is 1.01. The van der Waals surface area contributed by atoms with Gasteiger partial charge in [-0.05, 0) is 19.9 Å². The lowest BCUT2D eigenvalue weighted by Crippen LogP contribution is -2.52. The highest BCUT2D eigenvalue weighted by molar-refractivity contribution is 6.76. The van der Waals surface area contributed by atoms with E-state index in [-0.39, 0.29) is 12.9 Å². The number of carbonyl (C=O) groups is 2. The largest absolute Gasteiger partial charge is 0.467 e. The molecule has 1 fully saturated rings. The fourth-order valence-electron chi connectivity index (χ4n) is 2.95. The lowest BCUT2D eigenvalue weighted by molar-refractivity contribution is -0.319. The van der Waals surface area contributed by atoms with Crippen LogP contribution < -0.4 is 0 Å². The van der Waals surface area contributed by atoms with Crippen LogP contribution in [0.4, 0.5) is 0 Å². The molecule has 0 N–H and O–H groups in total. The van der Waals surface area contributed by atoms with Crippen molar-refractivity contribution in [2.24, 2.45) is 0 Å². The summed E-state index contributed by atoms with van der Waals surface area (Å²) in [5.41, 5.74) is 0. The molecular formula is C19H36O8Si. The monoisotopic (exact) mass is 420 g/mol. The van der Waals surface area contributed by atoms with Crippen LogP contribution in [0.25, 0.3) is 0 Å². The molecule has 164 valence electrons. The Balaban J connectivity index is 2.73. The molecule has 4 atom stereocenters. The minimum absolute atomic E-state index is 0.0227. The number of hydrogen-bond acceptors (Lipinski definition) is 8. The van der Waals surface area contributed by atoms with Gasteiger partial charge in [0.25, 0.3) is 0 Å². The first-order valence-corrected chi connectivity index (χ1v) is 13.3. The third kappa shape index (κ3) is 9.10. The van der Waals surface area contributed by atoms with Gasteiger partial charge in [0.1, 0.15) is 25.3 Å². The Morgan fingerprint density at radius 3 is 2.46 bits per heavy atom. The van der Waals surface area contributed by atoms with Crippen LogP contribution in [0.15, 0.2) is 0 Å². The van der Waals surface area contributed by atoms with Crippen LogP contribution in [0.3, 0.4) is 0 Å². The van der Waals surface area contributed by atoms with Crippen molar-refractivity contribution in [3.63, 3.8) is 0 Å². The topological polar surface area (TPSA) is 89.5 Å². The molecule has 0 bridgehead atoms. The van der Waals surface area contributed by atoms with Crippen molar-refractivity contribution in [2.45, 2.75) is 82.6 Å². The molecule has 1 saturated heterocycles. The van der Waals surface area contributed by atoms with Crippen molar-refractivity contribution in [1.82, 2.24) is 0 Å². The second-order valence-corrected chi connectivity index (χ2v) is 14.2. The lowest BCUT2D eigenvalue weighted by Gasteiger charge is -2.43. The third-order valence-electron chi connectivity index (χ3n) is 4.43. The molecule has 0 aromatic heterocycles. The van der Waals surface area contributed by atoms with Crippen LogP contribution in [-0.2, 0) is 38.0 Å². The molecule has 9 heteroatoms. The van der Waals surface area contributed by atoms with Crippen LogP contribution in [0.2, 0.25) is 25.7 Å². The maximum Gasteiger partial charge on any atom is 0.337 e. The van der Waals surface area contributed by atoms with Crippen LogP contribution >= 0.6 is 0 Å². The summed E-state index contributed by atoms with van der Waals surface area (Å²) in [5, 5.41) is 0. The molecule has 0 amide bonds. The molecule has 0 spiro atoms. The molecule has 1 rings (SSSR count). The van der Waals surface area contributed by atoms with Crippen molar-refractivity contribution < 1.29 is 38.0 Å². The zero-order valence-corrected chi connectivity index (χ0v) is 19.2. The quantitative estimate of drug-likeness (QED) is 0.156. The summed E-state index contributed by atoms with van der Waals surface area (Å²) in [6.07, 6.45) is -0.975. The first kappa shape index (κ1) is 25.2. The number of aldehydes is 1. The molecule has 8 nitrogen and oxygen atoms in total. The Labute approximate surface area is 169 Å². The van der Waals surface area contributed by atoms with Crippen molar-refractivity contribution in [3.8, 4) is 0 Å². The molecule has 0 saturated carbocycles. The SMILES string of the molecule is COC(=O)[C@@H](OCOCC[Si](C)(C)C)[C@H]1C[C@@H](C[C@H](C=O)OC)OC(C)(C)O1. The van der Waals surface area contributed by atoms with Crippen LogP contribution in [0, 0.1) is 0 Å². The molecule has 1 aliphatic rings. The van der Waals surface area contributed by atoms with E-state index in [2.05, 4.69) is 19.6 Å². The number of carbonyl (C=O) groups excluding carboxylic acids is 2. The molecule has 0 radical (unpaired) electrons. The standard InChI is InChI=1S/C19H36O8Si/c1-19(2)26-14(10-15(12-20)22-3)11-16(27-19)17(18(21)23-4)25-13-24-8-9-28(5,6)7/h12,14-17H,8-11,13H2,1-7H3/t14-,15-,16-,17+/m1/s1. The average molecular weight is 421 g/mol. The summed E-state index contributed by atoms with van der Waals surface area (Å²) in [7, 11) is 1.58. The van der Waals surface area contributed by atoms with E-state index >= 15 is 0 Å². The summed E-state index contributed by atoms with van der Waals surface area (Å²) in [6.45, 7) is 10.9. The Bertz CT molecular complexity index is 491. The summed E-state index contributed by atoms with van der Waals surface area (Å²) in [5.74, 6) is -1.47. The number of hydrogen-bond donors (Lipinski definition) is 0. The predicted molar refractivity (Wildman–Crippen MR) is 106 cm³/mol. The van der Waals surface area contributed by atoms with Gasteiger partial charge in [-0.2, -0.15) is 0 Å². The fourth-order valence-corrected chi connectivity index (χ4v) is 3.70. The number of esters is 1. The highest BCUT2D eigenvalue weighted by Gasteiger charge is 2.43. The van der Waals surface area contributed by atoms with Crippen LogP contribution in [0.1, 0.15) is 26.7 Å². The van der Waals surface area contributed by atoms with Gasteiger partial charge in [-0.3, -0.25) is 0 Å². The highest BCUT2D eigenvalue weighted by atomic mass is 28.3. The van der Waals surface area contributed by atoms with E-state index in [0.29, 0.717) is 19.4 Å². The molecule has 0 unspecified atom stereocenters. The van der Waals surface area contributed by atoms with E-state index in [1.165, 1.54) is 14.2 Å². The molecule has 28 heavy (non-hydrogen) atoms. The zero-order valence-electron chi connectivity index (χ0n) is 18.2. The number of methoxy groups -OCH3 is 2. The van der Waals surface area contributed by atoms with E-state index in [9.17, 15) is 9.59 Å². The number of ether oxygens (including phenoxy) is 6. The first-order valence-electron chi connectivity index (χ1n) is 9.62. The normalized spacial score (nSPS) is 24.4. The highest BCUT2D eigenvalue weighted by Crippen LogP contribution is 2.31. The Morgan fingerprint density at radius 2 is 1.93 bits per heavy atom. The van der Waals surface area contributed by atoms with Crippen molar-refractivity contribution in [3.05, 3.63) is 0 Å². The van der Waals surface area contributed by atoms with E-state index in [4.69, 9.17) is 28.4 Å². The van der Waals surface area contributed by atoms with Gasteiger partial charge in [0.2, 0.25) is 0 Å². The third-order valence-corrected chi connectivity index (χ3v) is 6.13. The van der Waals surface area contributed by atoms with Gasteiger partial charge in [-0.25, -0.2) is 4.79 Å². The van der Waals surface area contributed by atoms with Crippen molar-refractivity contribution in [1.29, 1.82) is 0 Å². The summed E-state index contributed by atoms with van der Waals surface area (Å²) >= 11 is 0. The Hall–Kier alpha value is -0.843. The smallest absolute Gasteiger partial charge is 0.337 e. The van der Waals surface area contributed by atoms with Crippen LogP contribution in [-0.4, -0.2) is 78.2 Å². The Kier molecular flexibility index (Phi) is 10.2. The summed E-state index contributed by atoms with van der Waals surface area (Å²) in [4.78, 5) is 23.4. The second-order valence-electron chi connectivity index (χ2n) is 8.62. The van der Waals surface area contributed by atoms with Gasteiger partial charge >= 0.3 is 5.97 Å². The van der Waals surface area contributed by atoms with Gasteiger partial charge in [-0.1, -0.05) is 19.6 Å². The number of rotatable bonds is 12. The van der Waals surface area contributed by atoms with Crippen molar-refractivity contribution >= 4 is 20.3 Å². The predicted octanol–water partition coefficient (Wildman–Crippen LogP) is 2.37. The van der Waals surface area contributed by atoms with E-state index < -0.39 is 38.1 Å². The second kappa shape index (κ2) is 11.4. The fraction of sp³-hybridized carbons (Fsp3) is 0.895.